The van der Waals surface area contributed by atoms with Crippen LogP contribution >= 0.6 is 0 Å². The molecule has 0 aliphatic carbocycles. The van der Waals surface area contributed by atoms with E-state index in [0.29, 0.717) is 17.2 Å². The van der Waals surface area contributed by atoms with E-state index in [-0.39, 0.29) is 11.8 Å². The van der Waals surface area contributed by atoms with Crippen LogP contribution in [0.15, 0.2) is 12.1 Å². The summed E-state index contributed by atoms with van der Waals surface area (Å²) in [6, 6.07) is 3.91. The third kappa shape index (κ3) is 4.37. The van der Waals surface area contributed by atoms with E-state index >= 15 is 0 Å². The van der Waals surface area contributed by atoms with Crippen molar-refractivity contribution in [3.8, 4) is 17.2 Å². The highest BCUT2D eigenvalue weighted by Crippen LogP contribution is 2.40. The molecule has 1 atom stereocenters. The maximum Gasteiger partial charge on any atom is 0.225 e. The lowest BCUT2D eigenvalue weighted by molar-refractivity contribution is -0.136. The average Bonchev–Trinajstić information content (AvgIpc) is 2.66. The highest BCUT2D eigenvalue weighted by Gasteiger charge is 2.25. The van der Waals surface area contributed by atoms with E-state index in [0.717, 1.165) is 44.7 Å². The molecule has 1 aliphatic heterocycles. The quantitative estimate of drug-likeness (QED) is 0.756. The van der Waals surface area contributed by atoms with Gasteiger partial charge < -0.3 is 19.1 Å². The number of carbonyl (C=O) groups excluding carboxylic acids is 1. The van der Waals surface area contributed by atoms with Gasteiger partial charge in [-0.1, -0.05) is 19.9 Å². The molecule has 0 N–H and O–H groups in total. The Morgan fingerprint density at radius 1 is 1.04 bits per heavy atom. The molecule has 1 aromatic rings. The smallest absolute Gasteiger partial charge is 0.225 e. The van der Waals surface area contributed by atoms with Crippen molar-refractivity contribution in [1.29, 1.82) is 0 Å². The van der Waals surface area contributed by atoms with Crippen molar-refractivity contribution in [2.75, 3.05) is 47.5 Å². The van der Waals surface area contributed by atoms with Crippen molar-refractivity contribution in [3.05, 3.63) is 17.7 Å². The fraction of sp³-hybridized carbons (Fsp3) is 0.632. The average molecular weight is 350 g/mol. The van der Waals surface area contributed by atoms with Crippen LogP contribution in [0.3, 0.4) is 0 Å². The molecule has 1 aliphatic rings. The van der Waals surface area contributed by atoms with E-state index in [1.807, 2.05) is 24.0 Å². The van der Waals surface area contributed by atoms with E-state index in [4.69, 9.17) is 14.2 Å². The van der Waals surface area contributed by atoms with Crippen LogP contribution in [-0.2, 0) is 11.3 Å². The fourth-order valence-electron chi connectivity index (χ4n) is 3.14. The summed E-state index contributed by atoms with van der Waals surface area (Å²) in [5.41, 5.74) is 1.06. The molecular weight excluding hydrogens is 320 g/mol. The molecule has 140 valence electrons. The largest absolute Gasteiger partial charge is 0.493 e. The van der Waals surface area contributed by atoms with Crippen LogP contribution in [-0.4, -0.2) is 63.2 Å². The molecule has 1 aromatic carbocycles. The summed E-state index contributed by atoms with van der Waals surface area (Å²) >= 11 is 0. The summed E-state index contributed by atoms with van der Waals surface area (Å²) in [6.07, 6.45) is 0.891. The highest BCUT2D eigenvalue weighted by molar-refractivity contribution is 5.78. The van der Waals surface area contributed by atoms with Crippen LogP contribution in [0.25, 0.3) is 0 Å². The van der Waals surface area contributed by atoms with Gasteiger partial charge in [-0.25, -0.2) is 0 Å². The molecule has 0 aromatic heterocycles. The summed E-state index contributed by atoms with van der Waals surface area (Å²) in [6.45, 7) is 8.09. The minimum Gasteiger partial charge on any atom is -0.493 e. The van der Waals surface area contributed by atoms with Gasteiger partial charge in [0.05, 0.1) is 21.3 Å². The molecular formula is C19H30N2O4. The first-order chi connectivity index (χ1) is 12.0. The second kappa shape index (κ2) is 8.94. The molecule has 2 rings (SSSR count). The van der Waals surface area contributed by atoms with Gasteiger partial charge in [-0.2, -0.15) is 0 Å². The van der Waals surface area contributed by atoms with Crippen LogP contribution in [0, 0.1) is 5.92 Å². The zero-order valence-electron chi connectivity index (χ0n) is 16.0. The van der Waals surface area contributed by atoms with E-state index in [1.165, 1.54) is 0 Å². The van der Waals surface area contributed by atoms with E-state index in [2.05, 4.69) is 11.8 Å². The Labute approximate surface area is 150 Å². The normalized spacial score (nSPS) is 16.4. The lowest BCUT2D eigenvalue weighted by Gasteiger charge is -2.36. The summed E-state index contributed by atoms with van der Waals surface area (Å²) in [4.78, 5) is 16.6. The Hall–Kier alpha value is -1.95. The lowest BCUT2D eigenvalue weighted by Crippen LogP contribution is -2.49. The Balaban J connectivity index is 2.03. The zero-order valence-corrected chi connectivity index (χ0v) is 16.0. The number of hydrogen-bond donors (Lipinski definition) is 0. The predicted octanol–water partition coefficient (Wildman–Crippen LogP) is 2.40. The molecule has 1 fully saturated rings. The molecule has 1 unspecified atom stereocenters. The van der Waals surface area contributed by atoms with Gasteiger partial charge in [-0.3, -0.25) is 9.69 Å². The number of ether oxygens (including phenoxy) is 3. The van der Waals surface area contributed by atoms with Gasteiger partial charge in [0.25, 0.3) is 0 Å². The first-order valence-electron chi connectivity index (χ1n) is 8.84. The van der Waals surface area contributed by atoms with Gasteiger partial charge in [-0.05, 0) is 12.5 Å². The van der Waals surface area contributed by atoms with Gasteiger partial charge in [0, 0.05) is 44.2 Å². The lowest BCUT2D eigenvalue weighted by atomic mass is 10.1. The van der Waals surface area contributed by atoms with Crippen molar-refractivity contribution in [2.45, 2.75) is 26.8 Å². The number of nitrogens with zero attached hydrogens (tertiary/aromatic N) is 2. The monoisotopic (exact) mass is 350 g/mol. The Bertz CT molecular complexity index is 583. The SMILES string of the molecule is CCC(C)C(=O)N1CCN(Cc2ccc(OC)c(OC)c2OC)CC1. The van der Waals surface area contributed by atoms with Crippen LogP contribution in [0.2, 0.25) is 0 Å². The number of rotatable bonds is 7. The number of carbonyl (C=O) groups is 1. The maximum absolute atomic E-state index is 12.3. The van der Waals surface area contributed by atoms with Crippen LogP contribution < -0.4 is 14.2 Å². The molecule has 0 radical (unpaired) electrons. The van der Waals surface area contributed by atoms with Gasteiger partial charge in [0.1, 0.15) is 0 Å². The van der Waals surface area contributed by atoms with Crippen LogP contribution in [0.1, 0.15) is 25.8 Å². The summed E-state index contributed by atoms with van der Waals surface area (Å²) in [5.74, 6) is 2.36. The van der Waals surface area contributed by atoms with Crippen LogP contribution in [0.4, 0.5) is 0 Å². The molecule has 6 nitrogen and oxygen atoms in total. The van der Waals surface area contributed by atoms with Crippen molar-refractivity contribution >= 4 is 5.91 Å². The molecule has 1 saturated heterocycles. The predicted molar refractivity (Wildman–Crippen MR) is 97.4 cm³/mol. The maximum atomic E-state index is 12.3. The summed E-state index contributed by atoms with van der Waals surface area (Å²) in [7, 11) is 4.87. The topological polar surface area (TPSA) is 51.2 Å². The first-order valence-corrected chi connectivity index (χ1v) is 8.84. The Kier molecular flexibility index (Phi) is 6.93. The third-order valence-electron chi connectivity index (χ3n) is 4.90. The third-order valence-corrected chi connectivity index (χ3v) is 4.90. The second-order valence-corrected chi connectivity index (χ2v) is 6.40. The fourth-order valence-corrected chi connectivity index (χ4v) is 3.14. The zero-order chi connectivity index (χ0) is 18.4. The van der Waals surface area contributed by atoms with Crippen LogP contribution in [0.5, 0.6) is 17.2 Å². The minimum absolute atomic E-state index is 0.109. The summed E-state index contributed by atoms with van der Waals surface area (Å²) < 4.78 is 16.3. The van der Waals surface area contributed by atoms with Gasteiger partial charge in [0.2, 0.25) is 11.7 Å². The Morgan fingerprint density at radius 3 is 2.20 bits per heavy atom. The van der Waals surface area contributed by atoms with Gasteiger partial charge in [-0.15, -0.1) is 0 Å². The molecule has 6 heteroatoms. The number of hydrogen-bond acceptors (Lipinski definition) is 5. The highest BCUT2D eigenvalue weighted by atomic mass is 16.5. The first kappa shape index (κ1) is 19.4. The second-order valence-electron chi connectivity index (χ2n) is 6.40. The van der Waals surface area contributed by atoms with E-state index in [1.54, 1.807) is 21.3 Å². The minimum atomic E-state index is 0.109. The molecule has 1 amide bonds. The number of piperazine rings is 1. The molecule has 0 spiro atoms. The van der Waals surface area contributed by atoms with E-state index in [9.17, 15) is 4.79 Å². The van der Waals surface area contributed by atoms with Gasteiger partial charge in [0.15, 0.2) is 11.5 Å². The van der Waals surface area contributed by atoms with Crippen molar-refractivity contribution in [1.82, 2.24) is 9.80 Å². The molecule has 1 heterocycles. The molecule has 0 saturated carbocycles. The standard InChI is InChI=1S/C19H30N2O4/c1-6-14(2)19(22)21-11-9-20(10-12-21)13-15-7-8-16(23-3)18(25-5)17(15)24-4/h7-8,14H,6,9-13H2,1-5H3. The summed E-state index contributed by atoms with van der Waals surface area (Å²) in [5, 5.41) is 0. The molecule has 0 bridgehead atoms. The van der Waals surface area contributed by atoms with Crippen molar-refractivity contribution in [2.24, 2.45) is 5.92 Å². The van der Waals surface area contributed by atoms with Crippen molar-refractivity contribution in [3.63, 3.8) is 0 Å². The molecule has 25 heavy (non-hydrogen) atoms. The number of benzene rings is 1. The van der Waals surface area contributed by atoms with Crippen molar-refractivity contribution < 1.29 is 19.0 Å². The number of amides is 1. The Morgan fingerprint density at radius 2 is 1.68 bits per heavy atom. The van der Waals surface area contributed by atoms with E-state index < -0.39 is 0 Å². The number of methoxy groups -OCH3 is 3. The van der Waals surface area contributed by atoms with Gasteiger partial charge >= 0.3 is 0 Å².